The molecule has 0 aliphatic heterocycles. The standard InChI is InChI=1S/C19H15N5O2/c1-26-18(25)13-6-8-15(9-7-13)21-19-22-17-16(5-3-11-24(17)23-19)14-4-2-10-20-12-14/h2-12H,1H3,(H,21,23). The highest BCUT2D eigenvalue weighted by atomic mass is 16.5. The van der Waals surface area contributed by atoms with Crippen molar-refractivity contribution in [1.29, 1.82) is 0 Å². The average Bonchev–Trinajstić information content (AvgIpc) is 3.11. The van der Waals surface area contributed by atoms with Gasteiger partial charge in [-0.3, -0.25) is 4.98 Å². The van der Waals surface area contributed by atoms with Crippen LogP contribution in [0.4, 0.5) is 11.6 Å². The Kier molecular flexibility index (Phi) is 4.03. The number of benzene rings is 1. The minimum Gasteiger partial charge on any atom is -0.465 e. The molecule has 0 spiro atoms. The highest BCUT2D eigenvalue weighted by molar-refractivity contribution is 5.89. The number of pyridine rings is 2. The van der Waals surface area contributed by atoms with E-state index < -0.39 is 0 Å². The molecule has 1 N–H and O–H groups in total. The molecule has 0 amide bonds. The van der Waals surface area contributed by atoms with Crippen LogP contribution in [0, 0.1) is 0 Å². The molecule has 4 aromatic rings. The molecule has 4 rings (SSSR count). The number of hydrogen-bond donors (Lipinski definition) is 1. The van der Waals surface area contributed by atoms with Crippen LogP contribution in [0.1, 0.15) is 10.4 Å². The molecule has 0 aliphatic carbocycles. The average molecular weight is 345 g/mol. The summed E-state index contributed by atoms with van der Waals surface area (Å²) in [5.74, 6) is 0.0932. The lowest BCUT2D eigenvalue weighted by Gasteiger charge is -2.03. The monoisotopic (exact) mass is 345 g/mol. The number of carbonyl (C=O) groups is 1. The zero-order valence-electron chi connectivity index (χ0n) is 14.0. The predicted octanol–water partition coefficient (Wildman–Crippen LogP) is 3.32. The zero-order valence-corrected chi connectivity index (χ0v) is 14.0. The molecule has 7 nitrogen and oxygen atoms in total. The molecule has 128 valence electrons. The maximum absolute atomic E-state index is 11.5. The van der Waals surface area contributed by atoms with E-state index in [0.717, 1.165) is 22.5 Å². The first kappa shape index (κ1) is 15.8. The molecule has 0 bridgehead atoms. The number of esters is 1. The first-order chi connectivity index (χ1) is 12.7. The van der Waals surface area contributed by atoms with Crippen LogP contribution in [0.5, 0.6) is 0 Å². The third-order valence-electron chi connectivity index (χ3n) is 3.90. The third-order valence-corrected chi connectivity index (χ3v) is 3.90. The number of rotatable bonds is 4. The van der Waals surface area contributed by atoms with E-state index in [1.807, 2.05) is 30.5 Å². The SMILES string of the molecule is COC(=O)c1ccc(Nc2nc3c(-c4cccnc4)cccn3n2)cc1. The van der Waals surface area contributed by atoms with Crippen molar-refractivity contribution in [3.05, 3.63) is 72.7 Å². The molecule has 0 radical (unpaired) electrons. The highest BCUT2D eigenvalue weighted by Crippen LogP contribution is 2.24. The molecule has 1 aromatic carbocycles. The fourth-order valence-electron chi connectivity index (χ4n) is 2.64. The number of ether oxygens (including phenoxy) is 1. The van der Waals surface area contributed by atoms with Crippen LogP contribution in [-0.4, -0.2) is 32.7 Å². The van der Waals surface area contributed by atoms with Crippen LogP contribution in [0.3, 0.4) is 0 Å². The largest absolute Gasteiger partial charge is 0.465 e. The molecule has 7 heteroatoms. The van der Waals surface area contributed by atoms with E-state index in [2.05, 4.69) is 20.4 Å². The summed E-state index contributed by atoms with van der Waals surface area (Å²) in [5, 5.41) is 7.60. The Balaban J connectivity index is 1.65. The lowest BCUT2D eigenvalue weighted by Crippen LogP contribution is -2.01. The molecule has 3 heterocycles. The van der Waals surface area contributed by atoms with Crippen LogP contribution < -0.4 is 5.32 Å². The molecule has 0 saturated heterocycles. The summed E-state index contributed by atoms with van der Waals surface area (Å²) < 4.78 is 6.41. The van der Waals surface area contributed by atoms with Crippen LogP contribution in [0.25, 0.3) is 16.8 Å². The van der Waals surface area contributed by atoms with Gasteiger partial charge in [0.25, 0.3) is 0 Å². The van der Waals surface area contributed by atoms with Gasteiger partial charge in [-0.2, -0.15) is 4.98 Å². The lowest BCUT2D eigenvalue weighted by molar-refractivity contribution is 0.0601. The summed E-state index contributed by atoms with van der Waals surface area (Å²) in [6.45, 7) is 0. The van der Waals surface area contributed by atoms with Gasteiger partial charge in [-0.1, -0.05) is 6.07 Å². The molecule has 26 heavy (non-hydrogen) atoms. The van der Waals surface area contributed by atoms with Crippen LogP contribution in [0.15, 0.2) is 67.1 Å². The number of nitrogens with one attached hydrogen (secondary N) is 1. The zero-order chi connectivity index (χ0) is 17.9. The summed E-state index contributed by atoms with van der Waals surface area (Å²) in [7, 11) is 1.36. The predicted molar refractivity (Wildman–Crippen MR) is 97.3 cm³/mol. The second kappa shape index (κ2) is 6.64. The van der Waals surface area contributed by atoms with Crippen molar-refractivity contribution in [2.45, 2.75) is 0 Å². The van der Waals surface area contributed by atoms with Gasteiger partial charge in [0.15, 0.2) is 5.65 Å². The summed E-state index contributed by atoms with van der Waals surface area (Å²) in [6, 6.07) is 14.7. The summed E-state index contributed by atoms with van der Waals surface area (Å²) >= 11 is 0. The summed E-state index contributed by atoms with van der Waals surface area (Å²) in [5.41, 5.74) is 3.91. The van der Waals surface area contributed by atoms with Gasteiger partial charge in [0.1, 0.15) is 0 Å². The maximum Gasteiger partial charge on any atom is 0.337 e. The normalized spacial score (nSPS) is 10.7. The Bertz CT molecular complexity index is 1060. The van der Waals surface area contributed by atoms with E-state index in [4.69, 9.17) is 4.74 Å². The fourth-order valence-corrected chi connectivity index (χ4v) is 2.64. The Morgan fingerprint density at radius 2 is 1.96 bits per heavy atom. The van der Waals surface area contributed by atoms with Crippen molar-refractivity contribution in [3.63, 3.8) is 0 Å². The number of fused-ring (bicyclic) bond motifs is 1. The molecular weight excluding hydrogens is 330 g/mol. The van der Waals surface area contributed by atoms with Crippen LogP contribution in [0.2, 0.25) is 0 Å². The Labute approximate surface area is 149 Å². The maximum atomic E-state index is 11.5. The topological polar surface area (TPSA) is 81.4 Å². The first-order valence-electron chi connectivity index (χ1n) is 7.96. The number of nitrogens with zero attached hydrogens (tertiary/aromatic N) is 4. The minimum atomic E-state index is -0.372. The molecular formula is C19H15N5O2. The first-order valence-corrected chi connectivity index (χ1v) is 7.96. The molecule has 0 atom stereocenters. The van der Waals surface area contributed by atoms with Gasteiger partial charge in [0.05, 0.1) is 12.7 Å². The van der Waals surface area contributed by atoms with Crippen molar-refractivity contribution in [3.8, 4) is 11.1 Å². The minimum absolute atomic E-state index is 0.372. The summed E-state index contributed by atoms with van der Waals surface area (Å²) in [4.78, 5) is 20.2. The third kappa shape index (κ3) is 2.98. The molecule has 0 saturated carbocycles. The number of aromatic nitrogens is 4. The Morgan fingerprint density at radius 3 is 2.69 bits per heavy atom. The van der Waals surface area contributed by atoms with Crippen molar-refractivity contribution in [2.24, 2.45) is 0 Å². The highest BCUT2D eigenvalue weighted by Gasteiger charge is 2.10. The van der Waals surface area contributed by atoms with Gasteiger partial charge in [0.2, 0.25) is 5.95 Å². The van der Waals surface area contributed by atoms with Gasteiger partial charge in [0, 0.05) is 35.4 Å². The van der Waals surface area contributed by atoms with Crippen LogP contribution >= 0.6 is 0 Å². The van der Waals surface area contributed by atoms with Gasteiger partial charge < -0.3 is 10.1 Å². The molecule has 0 aliphatic rings. The van der Waals surface area contributed by atoms with E-state index in [9.17, 15) is 4.79 Å². The van der Waals surface area contributed by atoms with E-state index in [1.54, 1.807) is 41.2 Å². The van der Waals surface area contributed by atoms with Gasteiger partial charge in [-0.05, 0) is 42.5 Å². The second-order valence-electron chi connectivity index (χ2n) is 5.56. The van der Waals surface area contributed by atoms with Gasteiger partial charge >= 0.3 is 5.97 Å². The number of carbonyl (C=O) groups excluding carboxylic acids is 1. The van der Waals surface area contributed by atoms with Crippen molar-refractivity contribution < 1.29 is 9.53 Å². The van der Waals surface area contributed by atoms with Crippen LogP contribution in [-0.2, 0) is 4.74 Å². The van der Waals surface area contributed by atoms with E-state index in [-0.39, 0.29) is 5.97 Å². The second-order valence-corrected chi connectivity index (χ2v) is 5.56. The Hall–Kier alpha value is -3.74. The molecule has 0 unspecified atom stereocenters. The number of anilines is 2. The summed E-state index contributed by atoms with van der Waals surface area (Å²) in [6.07, 6.45) is 5.37. The van der Waals surface area contributed by atoms with Crippen molar-refractivity contribution in [2.75, 3.05) is 12.4 Å². The van der Waals surface area contributed by atoms with Gasteiger partial charge in [-0.25, -0.2) is 9.31 Å². The number of methoxy groups -OCH3 is 1. The van der Waals surface area contributed by atoms with Gasteiger partial charge in [-0.15, -0.1) is 5.10 Å². The molecule has 0 fully saturated rings. The van der Waals surface area contributed by atoms with E-state index in [0.29, 0.717) is 11.5 Å². The quantitative estimate of drug-likeness (QED) is 0.572. The number of hydrogen-bond acceptors (Lipinski definition) is 6. The van der Waals surface area contributed by atoms with Crippen molar-refractivity contribution in [1.82, 2.24) is 19.6 Å². The van der Waals surface area contributed by atoms with E-state index >= 15 is 0 Å². The molecule has 3 aromatic heterocycles. The smallest absolute Gasteiger partial charge is 0.337 e. The lowest BCUT2D eigenvalue weighted by atomic mass is 10.1. The fraction of sp³-hybridized carbons (Fsp3) is 0.0526. The Morgan fingerprint density at radius 1 is 1.12 bits per heavy atom. The van der Waals surface area contributed by atoms with Crippen molar-refractivity contribution >= 4 is 23.3 Å². The van der Waals surface area contributed by atoms with E-state index in [1.165, 1.54) is 7.11 Å².